The van der Waals surface area contributed by atoms with E-state index < -0.39 is 0 Å². The summed E-state index contributed by atoms with van der Waals surface area (Å²) in [5.41, 5.74) is 0. The van der Waals surface area contributed by atoms with Gasteiger partial charge in [0.25, 0.3) is 0 Å². The molecule has 0 radical (unpaired) electrons. The van der Waals surface area contributed by atoms with Gasteiger partial charge < -0.3 is 15.0 Å². The van der Waals surface area contributed by atoms with Crippen LogP contribution in [0.4, 0.5) is 5.95 Å². The van der Waals surface area contributed by atoms with Crippen molar-refractivity contribution in [1.29, 1.82) is 0 Å². The van der Waals surface area contributed by atoms with Crippen molar-refractivity contribution in [2.24, 2.45) is 0 Å². The molecule has 1 aromatic heterocycles. The molecule has 0 amide bonds. The summed E-state index contributed by atoms with van der Waals surface area (Å²) in [6.07, 6.45) is 5.51. The molecule has 1 aromatic rings. The number of anilines is 1. The molecule has 4 heteroatoms. The molecule has 14 heavy (non-hydrogen) atoms. The molecular weight excluding hydrogens is 178 g/mol. The second kappa shape index (κ2) is 5.65. The molecule has 0 fully saturated rings. The fourth-order valence-electron chi connectivity index (χ4n) is 1.42. The van der Waals surface area contributed by atoms with Crippen molar-refractivity contribution in [2.75, 3.05) is 11.9 Å². The SMILES string of the molecule is CCC(CCO)Nc1nccn1CC. The quantitative estimate of drug-likeness (QED) is 0.726. The highest BCUT2D eigenvalue weighted by molar-refractivity contribution is 5.27. The highest BCUT2D eigenvalue weighted by Gasteiger charge is 2.08. The van der Waals surface area contributed by atoms with Gasteiger partial charge in [-0.3, -0.25) is 0 Å². The average Bonchev–Trinajstić information content (AvgIpc) is 2.64. The zero-order chi connectivity index (χ0) is 10.4. The molecule has 1 heterocycles. The lowest BCUT2D eigenvalue weighted by Gasteiger charge is -2.16. The van der Waals surface area contributed by atoms with Gasteiger partial charge in [-0.15, -0.1) is 0 Å². The second-order valence-corrected chi connectivity index (χ2v) is 3.30. The van der Waals surface area contributed by atoms with Crippen molar-refractivity contribution in [3.8, 4) is 0 Å². The Balaban J connectivity index is 2.56. The summed E-state index contributed by atoms with van der Waals surface area (Å²) in [5, 5.41) is 12.2. The first-order chi connectivity index (χ1) is 6.81. The van der Waals surface area contributed by atoms with E-state index in [4.69, 9.17) is 5.11 Å². The number of aromatic nitrogens is 2. The first-order valence-electron chi connectivity index (χ1n) is 5.20. The highest BCUT2D eigenvalue weighted by Crippen LogP contribution is 2.09. The molecule has 0 aliphatic heterocycles. The monoisotopic (exact) mass is 197 g/mol. The third-order valence-electron chi connectivity index (χ3n) is 2.36. The summed E-state index contributed by atoms with van der Waals surface area (Å²) in [6.45, 7) is 5.32. The van der Waals surface area contributed by atoms with Crippen molar-refractivity contribution in [2.45, 2.75) is 39.3 Å². The van der Waals surface area contributed by atoms with Gasteiger partial charge in [0.1, 0.15) is 0 Å². The van der Waals surface area contributed by atoms with Crippen LogP contribution in [0.15, 0.2) is 12.4 Å². The van der Waals surface area contributed by atoms with Crippen molar-refractivity contribution in [3.63, 3.8) is 0 Å². The van der Waals surface area contributed by atoms with E-state index in [-0.39, 0.29) is 6.61 Å². The van der Waals surface area contributed by atoms with E-state index in [2.05, 4.69) is 28.7 Å². The van der Waals surface area contributed by atoms with Gasteiger partial charge in [0.05, 0.1) is 0 Å². The van der Waals surface area contributed by atoms with Crippen molar-refractivity contribution in [3.05, 3.63) is 12.4 Å². The number of nitrogens with zero attached hydrogens (tertiary/aromatic N) is 2. The minimum atomic E-state index is 0.221. The number of rotatable bonds is 6. The Bertz CT molecular complexity index is 260. The predicted molar refractivity (Wildman–Crippen MR) is 57.3 cm³/mol. The molecule has 1 rings (SSSR count). The van der Waals surface area contributed by atoms with Crippen LogP contribution >= 0.6 is 0 Å². The van der Waals surface area contributed by atoms with E-state index in [0.29, 0.717) is 6.04 Å². The summed E-state index contributed by atoms with van der Waals surface area (Å²) in [7, 11) is 0. The molecule has 4 nitrogen and oxygen atoms in total. The Morgan fingerprint density at radius 3 is 2.93 bits per heavy atom. The number of aryl methyl sites for hydroxylation is 1. The largest absolute Gasteiger partial charge is 0.396 e. The first kappa shape index (κ1) is 11.0. The summed E-state index contributed by atoms with van der Waals surface area (Å²) in [4.78, 5) is 4.23. The highest BCUT2D eigenvalue weighted by atomic mass is 16.3. The predicted octanol–water partition coefficient (Wildman–Crippen LogP) is 1.48. The van der Waals surface area contributed by atoms with Gasteiger partial charge in [-0.25, -0.2) is 4.98 Å². The Labute approximate surface area is 85.0 Å². The molecule has 1 atom stereocenters. The first-order valence-corrected chi connectivity index (χ1v) is 5.20. The van der Waals surface area contributed by atoms with E-state index in [1.54, 1.807) is 6.20 Å². The van der Waals surface area contributed by atoms with Crippen LogP contribution in [-0.2, 0) is 6.54 Å². The lowest BCUT2D eigenvalue weighted by atomic mass is 10.2. The molecule has 0 bridgehead atoms. The Hall–Kier alpha value is -1.03. The summed E-state index contributed by atoms with van der Waals surface area (Å²) in [6, 6.07) is 0.313. The molecule has 0 aromatic carbocycles. The molecule has 0 saturated carbocycles. The van der Waals surface area contributed by atoms with Gasteiger partial charge in [-0.05, 0) is 19.8 Å². The van der Waals surface area contributed by atoms with Crippen LogP contribution < -0.4 is 5.32 Å². The maximum Gasteiger partial charge on any atom is 0.202 e. The van der Waals surface area contributed by atoms with Crippen LogP contribution in [-0.4, -0.2) is 27.3 Å². The van der Waals surface area contributed by atoms with E-state index in [1.807, 2.05) is 6.20 Å². The minimum Gasteiger partial charge on any atom is -0.396 e. The number of aliphatic hydroxyl groups excluding tert-OH is 1. The van der Waals surface area contributed by atoms with Crippen LogP contribution in [0.1, 0.15) is 26.7 Å². The molecule has 0 aliphatic rings. The molecular formula is C10H19N3O. The van der Waals surface area contributed by atoms with Crippen molar-refractivity contribution < 1.29 is 5.11 Å². The molecule has 1 unspecified atom stereocenters. The van der Waals surface area contributed by atoms with Crippen LogP contribution in [0, 0.1) is 0 Å². The summed E-state index contributed by atoms with van der Waals surface area (Å²) < 4.78 is 2.06. The zero-order valence-corrected chi connectivity index (χ0v) is 8.90. The van der Waals surface area contributed by atoms with Crippen molar-refractivity contribution in [1.82, 2.24) is 9.55 Å². The minimum absolute atomic E-state index is 0.221. The third-order valence-corrected chi connectivity index (χ3v) is 2.36. The Morgan fingerprint density at radius 2 is 2.36 bits per heavy atom. The number of nitrogens with one attached hydrogen (secondary N) is 1. The van der Waals surface area contributed by atoms with E-state index in [9.17, 15) is 0 Å². The fraction of sp³-hybridized carbons (Fsp3) is 0.700. The average molecular weight is 197 g/mol. The lowest BCUT2D eigenvalue weighted by Crippen LogP contribution is -2.22. The topological polar surface area (TPSA) is 50.1 Å². The van der Waals surface area contributed by atoms with E-state index in [0.717, 1.165) is 25.3 Å². The van der Waals surface area contributed by atoms with Gasteiger partial charge >= 0.3 is 0 Å². The molecule has 0 aliphatic carbocycles. The van der Waals surface area contributed by atoms with E-state index in [1.165, 1.54) is 0 Å². The van der Waals surface area contributed by atoms with Gasteiger partial charge in [-0.2, -0.15) is 0 Å². The summed E-state index contributed by atoms with van der Waals surface area (Å²) in [5.74, 6) is 0.896. The molecule has 80 valence electrons. The Kier molecular flexibility index (Phi) is 4.46. The second-order valence-electron chi connectivity index (χ2n) is 3.30. The Morgan fingerprint density at radius 1 is 1.57 bits per heavy atom. The van der Waals surface area contributed by atoms with Crippen LogP contribution in [0.3, 0.4) is 0 Å². The number of imidazole rings is 1. The maximum atomic E-state index is 8.86. The smallest absolute Gasteiger partial charge is 0.202 e. The van der Waals surface area contributed by atoms with Crippen LogP contribution in [0.5, 0.6) is 0 Å². The lowest BCUT2D eigenvalue weighted by molar-refractivity contribution is 0.278. The standard InChI is InChI=1S/C10H19N3O/c1-3-9(5-8-14)12-10-11-6-7-13(10)4-2/h6-7,9,14H,3-5,8H2,1-2H3,(H,11,12). The van der Waals surface area contributed by atoms with Gasteiger partial charge in [0.2, 0.25) is 5.95 Å². The number of aliphatic hydroxyl groups is 1. The third kappa shape index (κ3) is 2.73. The molecule has 0 saturated heterocycles. The number of hydrogen-bond acceptors (Lipinski definition) is 3. The van der Waals surface area contributed by atoms with Crippen LogP contribution in [0.2, 0.25) is 0 Å². The molecule has 2 N–H and O–H groups in total. The van der Waals surface area contributed by atoms with Gasteiger partial charge in [0.15, 0.2) is 0 Å². The van der Waals surface area contributed by atoms with E-state index >= 15 is 0 Å². The van der Waals surface area contributed by atoms with Crippen LogP contribution in [0.25, 0.3) is 0 Å². The zero-order valence-electron chi connectivity index (χ0n) is 8.90. The summed E-state index contributed by atoms with van der Waals surface area (Å²) >= 11 is 0. The van der Waals surface area contributed by atoms with Gasteiger partial charge in [-0.1, -0.05) is 6.92 Å². The molecule has 0 spiro atoms. The van der Waals surface area contributed by atoms with Gasteiger partial charge in [0, 0.05) is 31.6 Å². The normalized spacial score (nSPS) is 12.8. The number of hydrogen-bond donors (Lipinski definition) is 2. The van der Waals surface area contributed by atoms with Crippen molar-refractivity contribution >= 4 is 5.95 Å². The maximum absolute atomic E-state index is 8.86. The fourth-order valence-corrected chi connectivity index (χ4v) is 1.42.